The molecule has 0 aromatic carbocycles. The minimum Gasteiger partial charge on any atom is -0.345 e. The van der Waals surface area contributed by atoms with Crippen molar-refractivity contribution in [2.75, 3.05) is 32.7 Å². The van der Waals surface area contributed by atoms with E-state index in [0.29, 0.717) is 24.3 Å². The van der Waals surface area contributed by atoms with Gasteiger partial charge in [-0.2, -0.15) is 0 Å². The van der Waals surface area contributed by atoms with Crippen LogP contribution in [0.2, 0.25) is 0 Å². The highest BCUT2D eigenvalue weighted by atomic mass is 16.2. The molecule has 0 radical (unpaired) electrons. The summed E-state index contributed by atoms with van der Waals surface area (Å²) in [6.07, 6.45) is 1.77. The number of carbonyl (C=O) groups excluding carboxylic acids is 2. The van der Waals surface area contributed by atoms with Crippen LogP contribution in [0.25, 0.3) is 5.52 Å². The molecular weight excluding hydrogens is 330 g/mol. The Hall–Kier alpha value is -2.41. The molecule has 26 heavy (non-hydrogen) atoms. The first-order valence-electron chi connectivity index (χ1n) is 9.11. The highest BCUT2D eigenvalue weighted by Gasteiger charge is 2.28. The van der Waals surface area contributed by atoms with Gasteiger partial charge in [-0.25, -0.2) is 4.98 Å². The molecule has 7 nitrogen and oxygen atoms in total. The van der Waals surface area contributed by atoms with Crippen LogP contribution in [0.3, 0.4) is 0 Å². The van der Waals surface area contributed by atoms with E-state index in [1.807, 2.05) is 43.9 Å². The molecule has 0 bridgehead atoms. The van der Waals surface area contributed by atoms with Gasteiger partial charge in [0.1, 0.15) is 0 Å². The maximum Gasteiger partial charge on any atom is 0.288 e. The molecule has 2 aromatic rings. The van der Waals surface area contributed by atoms with Gasteiger partial charge >= 0.3 is 0 Å². The second-order valence-corrected chi connectivity index (χ2v) is 7.67. The first-order chi connectivity index (χ1) is 12.3. The minimum absolute atomic E-state index is 0.112. The van der Waals surface area contributed by atoms with Crippen molar-refractivity contribution in [3.8, 4) is 0 Å². The Morgan fingerprint density at radius 1 is 1.15 bits per heavy atom. The summed E-state index contributed by atoms with van der Waals surface area (Å²) < 4.78 is 1.69. The molecule has 0 atom stereocenters. The molecular formula is C19H27N5O2. The number of nitrogens with one attached hydrogen (secondary N) is 1. The van der Waals surface area contributed by atoms with Gasteiger partial charge in [0.05, 0.1) is 5.52 Å². The predicted octanol–water partition coefficient (Wildman–Crippen LogP) is 1.64. The van der Waals surface area contributed by atoms with E-state index in [0.717, 1.165) is 19.6 Å². The Labute approximate surface area is 154 Å². The zero-order chi connectivity index (χ0) is 18.9. The molecule has 1 fully saturated rings. The smallest absolute Gasteiger partial charge is 0.288 e. The Morgan fingerprint density at radius 2 is 1.85 bits per heavy atom. The van der Waals surface area contributed by atoms with Crippen LogP contribution in [0.5, 0.6) is 0 Å². The van der Waals surface area contributed by atoms with E-state index < -0.39 is 0 Å². The highest BCUT2D eigenvalue weighted by molar-refractivity contribution is 6.02. The summed E-state index contributed by atoms with van der Waals surface area (Å²) in [5, 5.41) is 2.92. The molecule has 2 aromatic heterocycles. The summed E-state index contributed by atoms with van der Waals surface area (Å²) in [7, 11) is 0. The molecule has 2 amide bonds. The first kappa shape index (κ1) is 18.4. The molecule has 1 saturated heterocycles. The normalized spacial score (nSPS) is 16.1. The van der Waals surface area contributed by atoms with Crippen molar-refractivity contribution in [3.63, 3.8) is 0 Å². The molecule has 140 valence electrons. The topological polar surface area (TPSA) is 69.9 Å². The second kappa shape index (κ2) is 7.07. The number of fused-ring (bicyclic) bond motifs is 1. The molecule has 1 aliphatic heterocycles. The maximum atomic E-state index is 13.0. The molecule has 7 heteroatoms. The van der Waals surface area contributed by atoms with Gasteiger partial charge in [-0.15, -0.1) is 0 Å². The maximum absolute atomic E-state index is 13.0. The van der Waals surface area contributed by atoms with Crippen LogP contribution in [-0.4, -0.2) is 69.3 Å². The van der Waals surface area contributed by atoms with Crippen LogP contribution in [0.4, 0.5) is 0 Å². The SMILES string of the molecule is CCN1CCN(C(=O)c2nc(C(=O)NC(C)(C)C)n3ccccc23)CC1. The van der Waals surface area contributed by atoms with Gasteiger partial charge < -0.3 is 15.1 Å². The van der Waals surface area contributed by atoms with E-state index >= 15 is 0 Å². The van der Waals surface area contributed by atoms with E-state index in [9.17, 15) is 9.59 Å². The number of pyridine rings is 1. The number of likely N-dealkylation sites (N-methyl/N-ethyl adjacent to an activating group) is 1. The van der Waals surface area contributed by atoms with E-state index in [1.54, 1.807) is 10.6 Å². The third-order valence-electron chi connectivity index (χ3n) is 4.55. The molecule has 0 spiro atoms. The molecule has 1 aliphatic rings. The zero-order valence-electron chi connectivity index (χ0n) is 16.0. The third kappa shape index (κ3) is 3.72. The van der Waals surface area contributed by atoms with Crippen LogP contribution in [-0.2, 0) is 0 Å². The van der Waals surface area contributed by atoms with Crippen LogP contribution in [0, 0.1) is 0 Å². The van der Waals surface area contributed by atoms with Crippen molar-refractivity contribution >= 4 is 17.3 Å². The molecule has 1 N–H and O–H groups in total. The molecule has 0 saturated carbocycles. The van der Waals surface area contributed by atoms with Crippen LogP contribution < -0.4 is 5.32 Å². The lowest BCUT2D eigenvalue weighted by Crippen LogP contribution is -2.48. The van der Waals surface area contributed by atoms with Crippen LogP contribution >= 0.6 is 0 Å². The van der Waals surface area contributed by atoms with Gasteiger partial charge in [0.25, 0.3) is 11.8 Å². The average Bonchev–Trinajstić information content (AvgIpc) is 2.99. The quantitative estimate of drug-likeness (QED) is 0.907. The number of imidazole rings is 1. The van der Waals surface area contributed by atoms with Crippen molar-refractivity contribution in [1.82, 2.24) is 24.5 Å². The number of carbonyl (C=O) groups is 2. The van der Waals surface area contributed by atoms with Crippen molar-refractivity contribution in [3.05, 3.63) is 35.9 Å². The summed E-state index contributed by atoms with van der Waals surface area (Å²) in [4.78, 5) is 34.2. The lowest BCUT2D eigenvalue weighted by molar-refractivity contribution is 0.0640. The molecule has 0 unspecified atom stereocenters. The average molecular weight is 357 g/mol. The van der Waals surface area contributed by atoms with Crippen molar-refractivity contribution < 1.29 is 9.59 Å². The number of nitrogens with zero attached hydrogens (tertiary/aromatic N) is 4. The summed E-state index contributed by atoms with van der Waals surface area (Å²) >= 11 is 0. The van der Waals surface area contributed by atoms with Gasteiger partial charge in [-0.05, 0) is 39.4 Å². The number of hydrogen-bond acceptors (Lipinski definition) is 4. The lowest BCUT2D eigenvalue weighted by atomic mass is 10.1. The Kier molecular flexibility index (Phi) is 5.00. The van der Waals surface area contributed by atoms with Crippen molar-refractivity contribution in [2.45, 2.75) is 33.2 Å². The Morgan fingerprint density at radius 3 is 2.46 bits per heavy atom. The second-order valence-electron chi connectivity index (χ2n) is 7.67. The summed E-state index contributed by atoms with van der Waals surface area (Å²) in [6.45, 7) is 12.0. The lowest BCUT2D eigenvalue weighted by Gasteiger charge is -2.33. The van der Waals surface area contributed by atoms with E-state index in [-0.39, 0.29) is 23.2 Å². The van der Waals surface area contributed by atoms with E-state index in [2.05, 4.69) is 22.1 Å². The zero-order valence-corrected chi connectivity index (χ0v) is 16.0. The highest BCUT2D eigenvalue weighted by Crippen LogP contribution is 2.17. The fraction of sp³-hybridized carbons (Fsp3) is 0.526. The molecule has 0 aliphatic carbocycles. The van der Waals surface area contributed by atoms with Gasteiger partial charge in [-0.3, -0.25) is 14.0 Å². The minimum atomic E-state index is -0.377. The van der Waals surface area contributed by atoms with E-state index in [1.165, 1.54) is 0 Å². The Balaban J connectivity index is 1.92. The molecule has 3 rings (SSSR count). The summed E-state index contributed by atoms with van der Waals surface area (Å²) in [6, 6.07) is 5.52. The van der Waals surface area contributed by atoms with Crippen LogP contribution in [0.1, 0.15) is 48.8 Å². The number of hydrogen-bond donors (Lipinski definition) is 1. The fourth-order valence-corrected chi connectivity index (χ4v) is 3.17. The van der Waals surface area contributed by atoms with Crippen molar-refractivity contribution in [1.29, 1.82) is 0 Å². The van der Waals surface area contributed by atoms with Crippen molar-refractivity contribution in [2.24, 2.45) is 0 Å². The Bertz CT molecular complexity index is 813. The first-order valence-corrected chi connectivity index (χ1v) is 9.11. The summed E-state index contributed by atoms with van der Waals surface area (Å²) in [5.74, 6) is -0.154. The standard InChI is InChI=1S/C19H27N5O2/c1-5-22-10-12-23(13-11-22)18(26)15-14-8-6-7-9-24(14)16(20-15)17(25)21-19(2,3)4/h6-9H,5,10-13H2,1-4H3,(H,21,25). The van der Waals surface area contributed by atoms with Gasteiger partial charge in [-0.1, -0.05) is 13.0 Å². The monoisotopic (exact) mass is 357 g/mol. The predicted molar refractivity (Wildman–Crippen MR) is 100 cm³/mol. The number of piperazine rings is 1. The van der Waals surface area contributed by atoms with E-state index in [4.69, 9.17) is 0 Å². The van der Waals surface area contributed by atoms with Gasteiger partial charge in [0.15, 0.2) is 5.69 Å². The fourth-order valence-electron chi connectivity index (χ4n) is 3.17. The van der Waals surface area contributed by atoms with Gasteiger partial charge in [0, 0.05) is 37.9 Å². The third-order valence-corrected chi connectivity index (χ3v) is 4.55. The summed E-state index contributed by atoms with van der Waals surface area (Å²) in [5.41, 5.74) is 0.627. The van der Waals surface area contributed by atoms with Crippen LogP contribution in [0.15, 0.2) is 24.4 Å². The van der Waals surface area contributed by atoms with Gasteiger partial charge in [0.2, 0.25) is 5.82 Å². The number of rotatable bonds is 3. The molecule has 3 heterocycles. The largest absolute Gasteiger partial charge is 0.345 e. The number of amides is 2. The number of aromatic nitrogens is 2.